The molecule has 2 atom stereocenters. The molecule has 2 aliphatic rings. The largest absolute Gasteiger partial charge is 0.465 e. The highest BCUT2D eigenvalue weighted by Gasteiger charge is 2.38. The Bertz CT molecular complexity index is 444. The average molecular weight is 231 g/mol. The first-order valence-electron chi connectivity index (χ1n) is 6.35. The summed E-state index contributed by atoms with van der Waals surface area (Å²) in [6.07, 6.45) is 3.36. The molecule has 90 valence electrons. The molecule has 2 unspecified atom stereocenters. The Kier molecular flexibility index (Phi) is 2.54. The van der Waals surface area contributed by atoms with Crippen LogP contribution in [0.4, 0.5) is 4.79 Å². The van der Waals surface area contributed by atoms with E-state index in [1.54, 1.807) is 4.90 Å². The fraction of sp³-hybridized carbons (Fsp3) is 0.500. The number of likely N-dealkylation sites (tertiary alicyclic amines) is 1. The van der Waals surface area contributed by atoms with Gasteiger partial charge >= 0.3 is 6.09 Å². The summed E-state index contributed by atoms with van der Waals surface area (Å²) in [6, 6.07) is 8.72. The SMILES string of the molecule is O=C(O)N1CCCC2c3ccccc3CCC21. The van der Waals surface area contributed by atoms with Crippen molar-refractivity contribution in [2.75, 3.05) is 6.54 Å². The molecule has 0 spiro atoms. The van der Waals surface area contributed by atoms with Gasteiger partial charge in [-0.3, -0.25) is 0 Å². The van der Waals surface area contributed by atoms with Gasteiger partial charge in [0.05, 0.1) is 0 Å². The molecule has 1 aliphatic heterocycles. The average Bonchev–Trinajstić information content (AvgIpc) is 2.37. The van der Waals surface area contributed by atoms with Crippen LogP contribution in [0.2, 0.25) is 0 Å². The standard InChI is InChI=1S/C14H17NO2/c16-14(17)15-9-3-6-12-11-5-2-1-4-10(11)7-8-13(12)15/h1-2,4-5,12-13H,3,6-9H2,(H,16,17). The summed E-state index contributed by atoms with van der Waals surface area (Å²) in [5, 5.41) is 9.25. The Morgan fingerprint density at radius 1 is 1.29 bits per heavy atom. The van der Waals surface area contributed by atoms with Crippen molar-refractivity contribution < 1.29 is 9.90 Å². The number of benzene rings is 1. The molecule has 3 heteroatoms. The lowest BCUT2D eigenvalue weighted by atomic mass is 9.74. The Balaban J connectivity index is 1.96. The van der Waals surface area contributed by atoms with Crippen molar-refractivity contribution >= 4 is 6.09 Å². The van der Waals surface area contributed by atoms with Crippen molar-refractivity contribution in [3.05, 3.63) is 35.4 Å². The number of aryl methyl sites for hydroxylation is 1. The van der Waals surface area contributed by atoms with Gasteiger partial charge in [-0.15, -0.1) is 0 Å². The van der Waals surface area contributed by atoms with E-state index in [2.05, 4.69) is 24.3 Å². The third-order valence-corrected chi connectivity index (χ3v) is 4.19. The van der Waals surface area contributed by atoms with Gasteiger partial charge < -0.3 is 10.0 Å². The van der Waals surface area contributed by atoms with E-state index in [1.807, 2.05) is 0 Å². The molecule has 1 saturated heterocycles. The summed E-state index contributed by atoms with van der Waals surface area (Å²) in [5.74, 6) is 0.421. The second-order valence-electron chi connectivity index (χ2n) is 5.03. The number of carboxylic acid groups (broad SMARTS) is 1. The van der Waals surface area contributed by atoms with Crippen LogP contribution in [0.25, 0.3) is 0 Å². The van der Waals surface area contributed by atoms with Crippen molar-refractivity contribution in [1.82, 2.24) is 4.90 Å². The van der Waals surface area contributed by atoms with Crippen LogP contribution in [-0.4, -0.2) is 28.7 Å². The van der Waals surface area contributed by atoms with Crippen LogP contribution >= 0.6 is 0 Å². The maximum atomic E-state index is 11.2. The predicted octanol–water partition coefficient (Wildman–Crippen LogP) is 2.86. The van der Waals surface area contributed by atoms with Crippen molar-refractivity contribution in [1.29, 1.82) is 0 Å². The van der Waals surface area contributed by atoms with E-state index in [-0.39, 0.29) is 6.04 Å². The number of carbonyl (C=O) groups is 1. The van der Waals surface area contributed by atoms with E-state index in [4.69, 9.17) is 0 Å². The molecular formula is C14H17NO2. The number of amides is 1. The highest BCUT2D eigenvalue weighted by Crippen LogP contribution is 2.40. The van der Waals surface area contributed by atoms with Gasteiger partial charge in [0.2, 0.25) is 0 Å². The molecule has 0 saturated carbocycles. The molecule has 0 aromatic heterocycles. The lowest BCUT2D eigenvalue weighted by Crippen LogP contribution is -2.48. The normalized spacial score (nSPS) is 27.2. The Morgan fingerprint density at radius 3 is 2.94 bits per heavy atom. The lowest BCUT2D eigenvalue weighted by Gasteiger charge is -2.43. The number of hydrogen-bond acceptors (Lipinski definition) is 1. The lowest BCUT2D eigenvalue weighted by molar-refractivity contribution is 0.0898. The molecule has 1 aromatic carbocycles. The first-order valence-corrected chi connectivity index (χ1v) is 6.35. The second kappa shape index (κ2) is 4.06. The van der Waals surface area contributed by atoms with Crippen LogP contribution < -0.4 is 0 Å². The zero-order valence-electron chi connectivity index (χ0n) is 9.80. The monoisotopic (exact) mass is 231 g/mol. The van der Waals surface area contributed by atoms with Crippen LogP contribution in [0, 0.1) is 0 Å². The minimum absolute atomic E-state index is 0.205. The van der Waals surface area contributed by atoms with Crippen molar-refractivity contribution in [3.63, 3.8) is 0 Å². The van der Waals surface area contributed by atoms with Crippen LogP contribution in [0.1, 0.15) is 36.3 Å². The molecule has 3 nitrogen and oxygen atoms in total. The zero-order chi connectivity index (χ0) is 11.8. The topological polar surface area (TPSA) is 40.5 Å². The van der Waals surface area contributed by atoms with Gasteiger partial charge in [-0.25, -0.2) is 4.79 Å². The molecule has 1 aromatic rings. The highest BCUT2D eigenvalue weighted by molar-refractivity contribution is 5.66. The number of piperidine rings is 1. The molecule has 1 heterocycles. The maximum Gasteiger partial charge on any atom is 0.407 e. The smallest absolute Gasteiger partial charge is 0.407 e. The van der Waals surface area contributed by atoms with Gasteiger partial charge in [-0.1, -0.05) is 24.3 Å². The molecule has 17 heavy (non-hydrogen) atoms. The van der Waals surface area contributed by atoms with Crippen LogP contribution in [0.5, 0.6) is 0 Å². The van der Waals surface area contributed by atoms with Gasteiger partial charge in [0.1, 0.15) is 0 Å². The first kappa shape index (κ1) is 10.6. The molecule has 1 fully saturated rings. The van der Waals surface area contributed by atoms with E-state index >= 15 is 0 Å². The van der Waals surface area contributed by atoms with Crippen LogP contribution in [0.15, 0.2) is 24.3 Å². The van der Waals surface area contributed by atoms with Crippen molar-refractivity contribution in [3.8, 4) is 0 Å². The zero-order valence-corrected chi connectivity index (χ0v) is 9.80. The fourth-order valence-corrected chi connectivity index (χ4v) is 3.44. The van der Waals surface area contributed by atoms with Crippen molar-refractivity contribution in [2.45, 2.75) is 37.6 Å². The van der Waals surface area contributed by atoms with Crippen LogP contribution in [0.3, 0.4) is 0 Å². The van der Waals surface area contributed by atoms with Crippen LogP contribution in [-0.2, 0) is 6.42 Å². The minimum Gasteiger partial charge on any atom is -0.465 e. The molecule has 0 radical (unpaired) electrons. The van der Waals surface area contributed by atoms with Gasteiger partial charge in [0, 0.05) is 18.5 Å². The van der Waals surface area contributed by atoms with Crippen molar-refractivity contribution in [2.24, 2.45) is 0 Å². The minimum atomic E-state index is -0.751. The first-order chi connectivity index (χ1) is 8.27. The highest BCUT2D eigenvalue weighted by atomic mass is 16.4. The molecule has 1 aliphatic carbocycles. The van der Waals surface area contributed by atoms with E-state index in [9.17, 15) is 9.90 Å². The molecule has 0 bridgehead atoms. The van der Waals surface area contributed by atoms with Gasteiger partial charge in [-0.05, 0) is 36.8 Å². The summed E-state index contributed by atoms with van der Waals surface area (Å²) in [7, 11) is 0. The van der Waals surface area contributed by atoms with E-state index < -0.39 is 6.09 Å². The Morgan fingerprint density at radius 2 is 2.12 bits per heavy atom. The maximum absolute atomic E-state index is 11.2. The third-order valence-electron chi connectivity index (χ3n) is 4.19. The number of nitrogens with zero attached hydrogens (tertiary/aromatic N) is 1. The second-order valence-corrected chi connectivity index (χ2v) is 5.03. The quantitative estimate of drug-likeness (QED) is 0.745. The van der Waals surface area contributed by atoms with E-state index in [1.165, 1.54) is 11.1 Å². The molecule has 1 N–H and O–H groups in total. The molecule has 1 amide bonds. The summed E-state index contributed by atoms with van der Waals surface area (Å²) in [6.45, 7) is 0.707. The summed E-state index contributed by atoms with van der Waals surface area (Å²) < 4.78 is 0. The van der Waals surface area contributed by atoms with Gasteiger partial charge in [-0.2, -0.15) is 0 Å². The Labute approximate surface area is 101 Å². The van der Waals surface area contributed by atoms with Gasteiger partial charge in [0.15, 0.2) is 0 Å². The summed E-state index contributed by atoms with van der Waals surface area (Å²) in [4.78, 5) is 12.9. The summed E-state index contributed by atoms with van der Waals surface area (Å²) >= 11 is 0. The third kappa shape index (κ3) is 1.70. The summed E-state index contributed by atoms with van der Waals surface area (Å²) in [5.41, 5.74) is 2.80. The number of hydrogen-bond donors (Lipinski definition) is 1. The fourth-order valence-electron chi connectivity index (χ4n) is 3.44. The molecular weight excluding hydrogens is 214 g/mol. The van der Waals surface area contributed by atoms with Gasteiger partial charge in [0.25, 0.3) is 0 Å². The van der Waals surface area contributed by atoms with E-state index in [0.29, 0.717) is 12.5 Å². The van der Waals surface area contributed by atoms with E-state index in [0.717, 1.165) is 25.7 Å². The predicted molar refractivity (Wildman–Crippen MR) is 65.3 cm³/mol. The number of fused-ring (bicyclic) bond motifs is 3. The number of rotatable bonds is 0. The molecule has 3 rings (SSSR count). The Hall–Kier alpha value is -1.51.